The van der Waals surface area contributed by atoms with Crippen LogP contribution in [0.3, 0.4) is 0 Å². The number of nitrogens with one attached hydrogen (secondary N) is 2. The molecule has 4 rings (SSSR count). The first-order valence-corrected chi connectivity index (χ1v) is 10.9. The van der Waals surface area contributed by atoms with Crippen LogP contribution in [-0.2, 0) is 16.0 Å². The Kier molecular flexibility index (Phi) is 6.53. The third kappa shape index (κ3) is 4.57. The number of nitrogens with zero attached hydrogens (tertiary/aromatic N) is 1. The van der Waals surface area contributed by atoms with Gasteiger partial charge in [-0.2, -0.15) is 0 Å². The number of H-pyrrole nitrogens is 1. The fourth-order valence-electron chi connectivity index (χ4n) is 3.95. The van der Waals surface area contributed by atoms with Crippen molar-refractivity contribution in [2.24, 2.45) is 0 Å². The molecule has 1 atom stereocenters. The molecule has 1 saturated carbocycles. The highest BCUT2D eigenvalue weighted by molar-refractivity contribution is 5.89. The zero-order chi connectivity index (χ0) is 21.7. The van der Waals surface area contributed by atoms with Gasteiger partial charge in [0.1, 0.15) is 5.75 Å². The van der Waals surface area contributed by atoms with Gasteiger partial charge in [0, 0.05) is 36.1 Å². The fourth-order valence-corrected chi connectivity index (χ4v) is 3.95. The Bertz CT molecular complexity index is 1010. The minimum atomic E-state index is -0.862. The van der Waals surface area contributed by atoms with Gasteiger partial charge in [-0.25, -0.2) is 4.79 Å². The number of aromatic nitrogens is 2. The van der Waals surface area contributed by atoms with Crippen LogP contribution in [0.5, 0.6) is 5.75 Å². The van der Waals surface area contributed by atoms with Gasteiger partial charge in [0.15, 0.2) is 0 Å². The number of aliphatic hydroxyl groups excluding tert-OH is 1. The van der Waals surface area contributed by atoms with Crippen molar-refractivity contribution in [1.29, 1.82) is 0 Å². The van der Waals surface area contributed by atoms with Gasteiger partial charge >= 0.3 is 5.97 Å². The predicted molar refractivity (Wildman–Crippen MR) is 118 cm³/mol. The molecule has 164 valence electrons. The third-order valence-corrected chi connectivity index (χ3v) is 5.85. The van der Waals surface area contributed by atoms with E-state index in [1.54, 1.807) is 12.4 Å². The molecule has 2 aromatic heterocycles. The van der Waals surface area contributed by atoms with E-state index >= 15 is 0 Å². The van der Waals surface area contributed by atoms with Crippen LogP contribution < -0.4 is 10.1 Å². The number of carbonyl (C=O) groups excluding carboxylic acids is 1. The molecule has 1 fully saturated rings. The van der Waals surface area contributed by atoms with Crippen LogP contribution in [0.1, 0.15) is 43.4 Å². The smallest absolute Gasteiger partial charge is 0.350 e. The van der Waals surface area contributed by atoms with E-state index in [-0.39, 0.29) is 5.97 Å². The molecule has 0 unspecified atom stereocenters. The van der Waals surface area contributed by atoms with Crippen molar-refractivity contribution in [2.45, 2.75) is 44.3 Å². The minimum Gasteiger partial charge on any atom is -0.473 e. The van der Waals surface area contributed by atoms with E-state index in [9.17, 15) is 9.90 Å². The molecule has 1 aliphatic carbocycles. The lowest BCUT2D eigenvalue weighted by Crippen LogP contribution is -2.51. The van der Waals surface area contributed by atoms with Crippen molar-refractivity contribution in [2.75, 3.05) is 19.7 Å². The maximum absolute atomic E-state index is 12.4. The summed E-state index contributed by atoms with van der Waals surface area (Å²) in [5.74, 6) is 0.401. The Morgan fingerprint density at radius 3 is 2.90 bits per heavy atom. The number of para-hydroxylation sites is 1. The van der Waals surface area contributed by atoms with E-state index in [2.05, 4.69) is 21.4 Å². The molecule has 0 saturated heterocycles. The van der Waals surface area contributed by atoms with Crippen molar-refractivity contribution >= 4 is 16.9 Å². The summed E-state index contributed by atoms with van der Waals surface area (Å²) in [4.78, 5) is 19.8. The van der Waals surface area contributed by atoms with Gasteiger partial charge in [-0.1, -0.05) is 18.2 Å². The molecule has 0 amide bonds. The quantitative estimate of drug-likeness (QED) is 0.342. The maximum Gasteiger partial charge on any atom is 0.350 e. The molecule has 1 aromatic carbocycles. The van der Waals surface area contributed by atoms with Gasteiger partial charge in [0.05, 0.1) is 18.2 Å². The van der Waals surface area contributed by atoms with Gasteiger partial charge in [0.2, 0.25) is 5.60 Å². The largest absolute Gasteiger partial charge is 0.473 e. The lowest BCUT2D eigenvalue weighted by Gasteiger charge is -2.39. The van der Waals surface area contributed by atoms with E-state index in [1.165, 1.54) is 0 Å². The summed E-state index contributed by atoms with van der Waals surface area (Å²) in [6.07, 6.45) is 7.88. The maximum atomic E-state index is 12.4. The number of esters is 1. The molecule has 31 heavy (non-hydrogen) atoms. The van der Waals surface area contributed by atoms with Gasteiger partial charge in [-0.15, -0.1) is 0 Å². The van der Waals surface area contributed by atoms with Gasteiger partial charge < -0.3 is 24.9 Å². The highest BCUT2D eigenvalue weighted by atomic mass is 16.6. The molecule has 3 N–H and O–H groups in total. The van der Waals surface area contributed by atoms with Crippen LogP contribution >= 0.6 is 0 Å². The highest BCUT2D eigenvalue weighted by Crippen LogP contribution is 2.40. The van der Waals surface area contributed by atoms with Crippen LogP contribution in [0, 0.1) is 0 Å². The van der Waals surface area contributed by atoms with E-state index in [0.29, 0.717) is 31.7 Å². The van der Waals surface area contributed by atoms with Crippen LogP contribution in [0.2, 0.25) is 0 Å². The summed E-state index contributed by atoms with van der Waals surface area (Å²) < 4.78 is 11.5. The molecule has 0 radical (unpaired) electrons. The van der Waals surface area contributed by atoms with Crippen molar-refractivity contribution in [3.63, 3.8) is 0 Å². The molecule has 0 spiro atoms. The molecule has 7 heteroatoms. The summed E-state index contributed by atoms with van der Waals surface area (Å²) in [5.41, 5.74) is 1.99. The predicted octanol–water partition coefficient (Wildman–Crippen LogP) is 3.29. The number of fused-ring (bicyclic) bond motifs is 1. The van der Waals surface area contributed by atoms with Crippen molar-refractivity contribution in [3.05, 3.63) is 60.0 Å². The minimum absolute atomic E-state index is 0.276. The second-order valence-electron chi connectivity index (χ2n) is 7.92. The normalized spacial score (nSPS) is 15.9. The molecule has 0 bridgehead atoms. The average Bonchev–Trinajstić information content (AvgIpc) is 3.18. The lowest BCUT2D eigenvalue weighted by atomic mass is 9.80. The van der Waals surface area contributed by atoms with Crippen LogP contribution in [0.25, 0.3) is 10.9 Å². The Morgan fingerprint density at radius 1 is 1.32 bits per heavy atom. The summed E-state index contributed by atoms with van der Waals surface area (Å²) >= 11 is 0. The number of hydrogen-bond acceptors (Lipinski definition) is 6. The highest BCUT2D eigenvalue weighted by Gasteiger charge is 2.48. The summed E-state index contributed by atoms with van der Waals surface area (Å²) in [6, 6.07) is 9.58. The molecule has 7 nitrogen and oxygen atoms in total. The monoisotopic (exact) mass is 423 g/mol. The number of aliphatic hydroxyl groups is 1. The number of aromatic amines is 1. The number of rotatable bonds is 10. The van der Waals surface area contributed by atoms with Crippen LogP contribution in [0.15, 0.2) is 48.9 Å². The SMILES string of the molecule is CCOC(=O)C1(Oc2cccc3c(CCNC[C@H](O)c4cccnc4)c[nH]c23)CCC1. The number of ether oxygens (including phenoxy) is 2. The number of carbonyl (C=O) groups is 1. The molecule has 3 aromatic rings. The Morgan fingerprint density at radius 2 is 2.19 bits per heavy atom. The van der Waals surface area contributed by atoms with Crippen LogP contribution in [0.4, 0.5) is 0 Å². The second kappa shape index (κ2) is 9.49. The summed E-state index contributed by atoms with van der Waals surface area (Å²) in [6.45, 7) is 3.35. The topological polar surface area (TPSA) is 96.5 Å². The first-order valence-electron chi connectivity index (χ1n) is 10.9. The molecule has 0 aliphatic heterocycles. The molecular formula is C24H29N3O4. The molecule has 2 heterocycles. The van der Waals surface area contributed by atoms with E-state index in [4.69, 9.17) is 9.47 Å². The Hall–Kier alpha value is -2.90. The Balaban J connectivity index is 1.39. The first kappa shape index (κ1) is 21.3. The van der Waals surface area contributed by atoms with Gasteiger partial charge in [-0.05, 0) is 56.8 Å². The van der Waals surface area contributed by atoms with E-state index < -0.39 is 11.7 Å². The van der Waals surface area contributed by atoms with Gasteiger partial charge in [0.25, 0.3) is 0 Å². The fraction of sp³-hybridized carbons (Fsp3) is 0.417. The van der Waals surface area contributed by atoms with E-state index in [0.717, 1.165) is 41.4 Å². The number of pyridine rings is 1. The standard InChI is InChI=1S/C24H29N3O4/c1-2-30-23(29)24(10-5-11-24)31-21-8-3-7-19-17(15-27-22(19)21)9-13-26-16-20(28)18-6-4-12-25-14-18/h3-4,6-8,12,14-15,20,26-28H,2,5,9-11,13,16H2,1H3/t20-/m0/s1. The first-order chi connectivity index (χ1) is 15.1. The van der Waals surface area contributed by atoms with Gasteiger partial charge in [-0.3, -0.25) is 4.98 Å². The van der Waals surface area contributed by atoms with E-state index in [1.807, 2.05) is 37.4 Å². The number of benzene rings is 1. The third-order valence-electron chi connectivity index (χ3n) is 5.85. The zero-order valence-corrected chi connectivity index (χ0v) is 17.8. The number of hydrogen-bond donors (Lipinski definition) is 3. The van der Waals surface area contributed by atoms with Crippen molar-refractivity contribution in [3.8, 4) is 5.75 Å². The zero-order valence-electron chi connectivity index (χ0n) is 17.8. The Labute approximate surface area is 181 Å². The second-order valence-corrected chi connectivity index (χ2v) is 7.92. The van der Waals surface area contributed by atoms with Crippen LogP contribution in [-0.4, -0.2) is 46.3 Å². The van der Waals surface area contributed by atoms with Crippen molar-refractivity contribution in [1.82, 2.24) is 15.3 Å². The summed E-state index contributed by atoms with van der Waals surface area (Å²) in [7, 11) is 0. The molecular weight excluding hydrogens is 394 g/mol. The summed E-state index contributed by atoms with van der Waals surface area (Å²) in [5, 5.41) is 14.6. The lowest BCUT2D eigenvalue weighted by molar-refractivity contribution is -0.169. The van der Waals surface area contributed by atoms with Crippen molar-refractivity contribution < 1.29 is 19.4 Å². The molecule has 1 aliphatic rings. The average molecular weight is 424 g/mol.